The molecular formula is C9H4Cl3NO3. The molecule has 0 amide bonds. The van der Waals surface area contributed by atoms with Crippen LogP contribution in [0.25, 0.3) is 10.9 Å². The van der Waals surface area contributed by atoms with E-state index >= 15 is 0 Å². The van der Waals surface area contributed by atoms with Crippen molar-refractivity contribution >= 4 is 45.7 Å². The van der Waals surface area contributed by atoms with E-state index in [0.717, 1.165) is 0 Å². The van der Waals surface area contributed by atoms with Crippen LogP contribution < -0.4 is 0 Å². The minimum atomic E-state index is -0.757. The summed E-state index contributed by atoms with van der Waals surface area (Å²) in [7, 11) is 0. The number of benzene rings is 1. The van der Waals surface area contributed by atoms with E-state index in [1.165, 1.54) is 6.07 Å². The van der Waals surface area contributed by atoms with Gasteiger partial charge in [0, 0.05) is 0 Å². The molecule has 1 aromatic carbocycles. The topological polar surface area (TPSA) is 73.6 Å². The molecule has 0 aliphatic heterocycles. The number of pyridine rings is 1. The average Bonchev–Trinajstić information content (AvgIpc) is 2.23. The lowest BCUT2D eigenvalue weighted by atomic mass is 10.2. The second kappa shape index (κ2) is 3.73. The van der Waals surface area contributed by atoms with E-state index in [0.29, 0.717) is 0 Å². The first kappa shape index (κ1) is 11.4. The van der Waals surface area contributed by atoms with Gasteiger partial charge in [-0.2, -0.15) is 0 Å². The molecule has 0 atom stereocenters. The van der Waals surface area contributed by atoms with E-state index in [-0.39, 0.29) is 26.0 Å². The van der Waals surface area contributed by atoms with Crippen molar-refractivity contribution in [2.75, 3.05) is 0 Å². The SMILES string of the molecule is Oc1nc2cc(Cl)c(Cl)c(Cl)c2c(O)c1O. The summed E-state index contributed by atoms with van der Waals surface area (Å²) in [6.45, 7) is 0. The van der Waals surface area contributed by atoms with Gasteiger partial charge in [0.05, 0.1) is 26.0 Å². The van der Waals surface area contributed by atoms with Gasteiger partial charge in [-0.25, -0.2) is 4.98 Å². The number of halogens is 3. The van der Waals surface area contributed by atoms with Crippen LogP contribution in [0, 0.1) is 0 Å². The Morgan fingerprint density at radius 2 is 1.56 bits per heavy atom. The van der Waals surface area contributed by atoms with Gasteiger partial charge in [-0.3, -0.25) is 0 Å². The molecule has 2 aromatic rings. The van der Waals surface area contributed by atoms with E-state index in [2.05, 4.69) is 4.98 Å². The van der Waals surface area contributed by atoms with Gasteiger partial charge in [-0.05, 0) is 6.07 Å². The summed E-state index contributed by atoms with van der Waals surface area (Å²) >= 11 is 17.4. The minimum Gasteiger partial charge on any atom is -0.504 e. The molecule has 84 valence electrons. The fourth-order valence-corrected chi connectivity index (χ4v) is 1.97. The monoisotopic (exact) mass is 279 g/mol. The lowest BCUT2D eigenvalue weighted by molar-refractivity contribution is 0.361. The van der Waals surface area contributed by atoms with Crippen molar-refractivity contribution in [2.45, 2.75) is 0 Å². The van der Waals surface area contributed by atoms with Crippen LogP contribution in [0.5, 0.6) is 17.4 Å². The molecule has 4 nitrogen and oxygen atoms in total. The van der Waals surface area contributed by atoms with Crippen LogP contribution in [0.1, 0.15) is 0 Å². The molecule has 0 spiro atoms. The molecule has 0 saturated heterocycles. The van der Waals surface area contributed by atoms with Gasteiger partial charge in [-0.15, -0.1) is 0 Å². The van der Waals surface area contributed by atoms with Crippen molar-refractivity contribution in [3.63, 3.8) is 0 Å². The van der Waals surface area contributed by atoms with Crippen LogP contribution in [0.3, 0.4) is 0 Å². The molecule has 3 N–H and O–H groups in total. The maximum Gasteiger partial charge on any atom is 0.258 e. The van der Waals surface area contributed by atoms with E-state index in [1.807, 2.05) is 0 Å². The molecule has 1 heterocycles. The normalized spacial score (nSPS) is 10.9. The molecule has 16 heavy (non-hydrogen) atoms. The zero-order valence-corrected chi connectivity index (χ0v) is 9.77. The molecular weight excluding hydrogens is 276 g/mol. The van der Waals surface area contributed by atoms with Crippen molar-refractivity contribution in [1.82, 2.24) is 4.98 Å². The molecule has 0 fully saturated rings. The molecule has 0 aliphatic carbocycles. The highest BCUT2D eigenvalue weighted by atomic mass is 35.5. The van der Waals surface area contributed by atoms with E-state index < -0.39 is 17.4 Å². The first-order chi connectivity index (χ1) is 7.43. The Bertz CT molecular complexity index is 552. The highest BCUT2D eigenvalue weighted by molar-refractivity contribution is 6.50. The fraction of sp³-hybridized carbons (Fsp3) is 0. The predicted octanol–water partition coefficient (Wildman–Crippen LogP) is 3.31. The Labute approximate surface area is 105 Å². The Morgan fingerprint density at radius 3 is 2.19 bits per heavy atom. The Kier molecular flexibility index (Phi) is 2.66. The van der Waals surface area contributed by atoms with Crippen LogP contribution in [0.4, 0.5) is 0 Å². The second-order valence-corrected chi connectivity index (χ2v) is 4.18. The quantitative estimate of drug-likeness (QED) is 0.647. The zero-order chi connectivity index (χ0) is 12.0. The molecule has 1 aromatic heterocycles. The number of aromatic nitrogens is 1. The van der Waals surface area contributed by atoms with Crippen molar-refractivity contribution < 1.29 is 15.3 Å². The third-order valence-corrected chi connectivity index (χ3v) is 3.30. The number of hydrogen-bond acceptors (Lipinski definition) is 4. The van der Waals surface area contributed by atoms with Crippen molar-refractivity contribution in [1.29, 1.82) is 0 Å². The molecule has 0 radical (unpaired) electrons. The summed E-state index contributed by atoms with van der Waals surface area (Å²) in [5.74, 6) is -2.06. The number of aromatic hydroxyl groups is 3. The second-order valence-electron chi connectivity index (χ2n) is 3.01. The van der Waals surface area contributed by atoms with E-state index in [1.54, 1.807) is 0 Å². The number of hydrogen-bond donors (Lipinski definition) is 3. The van der Waals surface area contributed by atoms with Gasteiger partial charge in [0.1, 0.15) is 0 Å². The Morgan fingerprint density at radius 1 is 0.938 bits per heavy atom. The minimum absolute atomic E-state index is 0.0337. The van der Waals surface area contributed by atoms with E-state index in [9.17, 15) is 15.3 Å². The summed E-state index contributed by atoms with van der Waals surface area (Å²) in [5, 5.41) is 28.3. The van der Waals surface area contributed by atoms with Crippen LogP contribution in [-0.2, 0) is 0 Å². The van der Waals surface area contributed by atoms with Crippen LogP contribution in [0.2, 0.25) is 15.1 Å². The molecule has 0 aliphatic rings. The first-order valence-electron chi connectivity index (χ1n) is 4.01. The zero-order valence-electron chi connectivity index (χ0n) is 7.50. The number of fused-ring (bicyclic) bond motifs is 1. The largest absolute Gasteiger partial charge is 0.504 e. The summed E-state index contributed by atoms with van der Waals surface area (Å²) in [5.41, 5.74) is 0.132. The average molecular weight is 280 g/mol. The van der Waals surface area contributed by atoms with Crippen LogP contribution in [0.15, 0.2) is 6.07 Å². The summed E-state index contributed by atoms with van der Waals surface area (Å²) in [6, 6.07) is 1.32. The third-order valence-electron chi connectivity index (χ3n) is 2.04. The summed E-state index contributed by atoms with van der Waals surface area (Å²) < 4.78 is 0. The van der Waals surface area contributed by atoms with Crippen molar-refractivity contribution in [2.24, 2.45) is 0 Å². The molecule has 0 unspecified atom stereocenters. The Balaban J connectivity index is 3.03. The number of nitrogens with zero attached hydrogens (tertiary/aromatic N) is 1. The van der Waals surface area contributed by atoms with Gasteiger partial charge >= 0.3 is 0 Å². The standard InChI is InChI=1S/C9H4Cl3NO3/c10-2-1-3-4(6(12)5(2)11)7(14)8(15)9(16)13-3/h1,15H,(H2,13,14,16). The summed E-state index contributed by atoms with van der Waals surface area (Å²) in [6.07, 6.45) is 0. The molecule has 0 saturated carbocycles. The van der Waals surface area contributed by atoms with Gasteiger partial charge in [-0.1, -0.05) is 34.8 Å². The number of rotatable bonds is 0. The highest BCUT2D eigenvalue weighted by Gasteiger charge is 2.18. The van der Waals surface area contributed by atoms with Gasteiger partial charge in [0.15, 0.2) is 5.75 Å². The maximum atomic E-state index is 9.60. The first-order valence-corrected chi connectivity index (χ1v) is 5.15. The maximum absolute atomic E-state index is 9.60. The third kappa shape index (κ3) is 1.50. The van der Waals surface area contributed by atoms with E-state index in [4.69, 9.17) is 34.8 Å². The highest BCUT2D eigenvalue weighted by Crippen LogP contribution is 2.45. The molecule has 2 rings (SSSR count). The smallest absolute Gasteiger partial charge is 0.258 e. The summed E-state index contributed by atoms with van der Waals surface area (Å²) in [4.78, 5) is 3.62. The van der Waals surface area contributed by atoms with Gasteiger partial charge in [0.2, 0.25) is 5.75 Å². The fourth-order valence-electron chi connectivity index (χ4n) is 1.29. The van der Waals surface area contributed by atoms with Crippen molar-refractivity contribution in [3.8, 4) is 17.4 Å². The lowest BCUT2D eigenvalue weighted by Crippen LogP contribution is -1.85. The van der Waals surface area contributed by atoms with Gasteiger partial charge in [0.25, 0.3) is 5.88 Å². The molecule has 7 heteroatoms. The van der Waals surface area contributed by atoms with Crippen LogP contribution in [-0.4, -0.2) is 20.3 Å². The predicted molar refractivity (Wildman–Crippen MR) is 61.8 cm³/mol. The lowest BCUT2D eigenvalue weighted by Gasteiger charge is -2.08. The Hall–Kier alpha value is -1.10. The molecule has 0 bridgehead atoms. The van der Waals surface area contributed by atoms with Gasteiger partial charge < -0.3 is 15.3 Å². The van der Waals surface area contributed by atoms with Crippen LogP contribution >= 0.6 is 34.8 Å². The van der Waals surface area contributed by atoms with Crippen molar-refractivity contribution in [3.05, 3.63) is 21.1 Å².